The highest BCUT2D eigenvalue weighted by atomic mass is 16.5. The minimum atomic E-state index is -0.376. The highest BCUT2D eigenvalue weighted by Crippen LogP contribution is 2.36. The molecule has 0 aliphatic rings. The van der Waals surface area contributed by atoms with Crippen LogP contribution in [0.25, 0.3) is 0 Å². The second-order valence-corrected chi connectivity index (χ2v) is 6.41. The number of methoxy groups -OCH3 is 3. The molecule has 152 valence electrons. The van der Waals surface area contributed by atoms with E-state index >= 15 is 0 Å². The molecule has 1 heterocycles. The number of carbonyl (C=O) groups excluding carboxylic acids is 1. The van der Waals surface area contributed by atoms with E-state index in [9.17, 15) is 9.90 Å². The lowest BCUT2D eigenvalue weighted by molar-refractivity contribution is 0.0995. The van der Waals surface area contributed by atoms with Crippen molar-refractivity contribution in [2.75, 3.05) is 26.6 Å². The Morgan fingerprint density at radius 3 is 2.28 bits per heavy atom. The molecule has 3 aromatic rings. The van der Waals surface area contributed by atoms with Crippen molar-refractivity contribution in [1.29, 1.82) is 0 Å². The van der Waals surface area contributed by atoms with Gasteiger partial charge in [-0.3, -0.25) is 4.79 Å². The number of anilines is 1. The fraction of sp³-hybridized carbons (Fsp3) is 0.227. The lowest BCUT2D eigenvalue weighted by Crippen LogP contribution is -2.11. The number of carbonyl (C=O) groups is 1. The molecule has 2 N–H and O–H groups in total. The lowest BCUT2D eigenvalue weighted by atomic mass is 10.1. The van der Waals surface area contributed by atoms with Gasteiger partial charge >= 0.3 is 0 Å². The van der Waals surface area contributed by atoms with E-state index in [0.717, 1.165) is 11.1 Å². The number of phenols is 1. The molecule has 7 nitrogen and oxygen atoms in total. The van der Waals surface area contributed by atoms with Crippen LogP contribution in [0.4, 0.5) is 5.69 Å². The number of ether oxygens (including phenoxy) is 3. The van der Waals surface area contributed by atoms with Crippen LogP contribution in [0.5, 0.6) is 23.0 Å². The Balaban J connectivity index is 1.81. The number of rotatable bonds is 7. The predicted molar refractivity (Wildman–Crippen MR) is 108 cm³/mol. The third-order valence-corrected chi connectivity index (χ3v) is 4.51. The first-order chi connectivity index (χ1) is 13.9. The molecule has 0 radical (unpaired) electrons. The second kappa shape index (κ2) is 8.60. The Hall–Kier alpha value is -3.61. The molecule has 0 aliphatic heterocycles. The normalized spacial score (nSPS) is 10.5. The topological polar surface area (TPSA) is 90.2 Å². The largest absolute Gasteiger partial charge is 0.508 e. The summed E-state index contributed by atoms with van der Waals surface area (Å²) in [5.74, 6) is 2.35. The molecule has 2 aromatic carbocycles. The van der Waals surface area contributed by atoms with Gasteiger partial charge in [0.2, 0.25) is 0 Å². The SMILES string of the molecule is COc1cc(OC)c(Cc2ccc(C(=O)Nc3ccc(O)cc3C)o2)c(OC)c1. The van der Waals surface area contributed by atoms with Gasteiger partial charge in [0.05, 0.1) is 21.3 Å². The molecule has 3 rings (SSSR count). The van der Waals surface area contributed by atoms with E-state index < -0.39 is 0 Å². The van der Waals surface area contributed by atoms with Crippen molar-refractivity contribution < 1.29 is 28.5 Å². The van der Waals surface area contributed by atoms with Gasteiger partial charge in [0, 0.05) is 29.8 Å². The number of aromatic hydroxyl groups is 1. The quantitative estimate of drug-likeness (QED) is 0.582. The number of phenolic OH excluding ortho intramolecular Hbond substituents is 1. The van der Waals surface area contributed by atoms with Crippen molar-refractivity contribution in [2.24, 2.45) is 0 Å². The van der Waals surface area contributed by atoms with E-state index in [2.05, 4.69) is 5.32 Å². The molecule has 1 aromatic heterocycles. The summed E-state index contributed by atoms with van der Waals surface area (Å²) in [5.41, 5.74) is 2.13. The zero-order chi connectivity index (χ0) is 21.0. The summed E-state index contributed by atoms with van der Waals surface area (Å²) in [6.45, 7) is 1.80. The van der Waals surface area contributed by atoms with Gasteiger partial charge in [-0.2, -0.15) is 0 Å². The second-order valence-electron chi connectivity index (χ2n) is 6.41. The number of aryl methyl sites for hydroxylation is 1. The summed E-state index contributed by atoms with van der Waals surface area (Å²) in [6, 6.07) is 11.6. The Bertz CT molecular complexity index is 999. The molecule has 7 heteroatoms. The van der Waals surface area contributed by atoms with Gasteiger partial charge < -0.3 is 29.1 Å². The predicted octanol–water partition coefficient (Wildman–Crippen LogP) is 4.16. The van der Waals surface area contributed by atoms with Crippen LogP contribution in [0.15, 0.2) is 46.9 Å². The van der Waals surface area contributed by atoms with Gasteiger partial charge in [0.15, 0.2) is 5.76 Å². The minimum Gasteiger partial charge on any atom is -0.508 e. The fourth-order valence-electron chi connectivity index (χ4n) is 2.99. The van der Waals surface area contributed by atoms with Crippen molar-refractivity contribution in [1.82, 2.24) is 0 Å². The van der Waals surface area contributed by atoms with E-state index in [1.165, 1.54) is 6.07 Å². The number of nitrogens with one attached hydrogen (secondary N) is 1. The number of hydrogen-bond acceptors (Lipinski definition) is 6. The third kappa shape index (κ3) is 4.45. The first kappa shape index (κ1) is 20.1. The van der Waals surface area contributed by atoms with Crippen molar-refractivity contribution in [3.8, 4) is 23.0 Å². The molecule has 1 amide bonds. The monoisotopic (exact) mass is 397 g/mol. The smallest absolute Gasteiger partial charge is 0.291 e. The summed E-state index contributed by atoms with van der Waals surface area (Å²) < 4.78 is 21.9. The van der Waals surface area contributed by atoms with Crippen molar-refractivity contribution in [2.45, 2.75) is 13.3 Å². The van der Waals surface area contributed by atoms with Gasteiger partial charge in [-0.05, 0) is 42.8 Å². The fourth-order valence-corrected chi connectivity index (χ4v) is 2.99. The molecule has 0 saturated heterocycles. The van der Waals surface area contributed by atoms with Crippen LogP contribution < -0.4 is 19.5 Å². The molecule has 0 aliphatic carbocycles. The van der Waals surface area contributed by atoms with E-state index in [4.69, 9.17) is 18.6 Å². The van der Waals surface area contributed by atoms with Crippen molar-refractivity contribution in [3.63, 3.8) is 0 Å². The molecule has 29 heavy (non-hydrogen) atoms. The molecule has 0 spiro atoms. The highest BCUT2D eigenvalue weighted by Gasteiger charge is 2.18. The van der Waals surface area contributed by atoms with Gasteiger partial charge in [-0.15, -0.1) is 0 Å². The average molecular weight is 397 g/mol. The van der Waals surface area contributed by atoms with Gasteiger partial charge in [0.1, 0.15) is 28.8 Å². The van der Waals surface area contributed by atoms with E-state index in [0.29, 0.717) is 35.1 Å². The first-order valence-corrected chi connectivity index (χ1v) is 8.93. The average Bonchev–Trinajstić information content (AvgIpc) is 3.18. The molecule has 0 unspecified atom stereocenters. The van der Waals surface area contributed by atoms with Gasteiger partial charge in [-0.1, -0.05) is 0 Å². The molecule has 0 saturated carbocycles. The van der Waals surface area contributed by atoms with Crippen LogP contribution in [0, 0.1) is 6.92 Å². The first-order valence-electron chi connectivity index (χ1n) is 8.93. The van der Waals surface area contributed by atoms with E-state index in [1.807, 2.05) is 0 Å². The van der Waals surface area contributed by atoms with Crippen molar-refractivity contribution >= 4 is 11.6 Å². The Kier molecular flexibility index (Phi) is 5.97. The molecule has 0 fully saturated rings. The summed E-state index contributed by atoms with van der Waals surface area (Å²) in [4.78, 5) is 12.5. The maximum Gasteiger partial charge on any atom is 0.291 e. The Labute approximate surface area is 168 Å². The Morgan fingerprint density at radius 2 is 1.69 bits per heavy atom. The standard InChI is InChI=1S/C22H23NO6/c1-13-9-14(24)5-7-18(13)23-22(25)19-8-6-15(29-19)10-17-20(27-3)11-16(26-2)12-21(17)28-4/h5-9,11-12,24H,10H2,1-4H3,(H,23,25). The third-order valence-electron chi connectivity index (χ3n) is 4.51. The molecular formula is C22H23NO6. The summed E-state index contributed by atoms with van der Waals surface area (Å²) in [6.07, 6.45) is 0.377. The Morgan fingerprint density at radius 1 is 1.00 bits per heavy atom. The summed E-state index contributed by atoms with van der Waals surface area (Å²) in [7, 11) is 4.71. The molecule has 0 bridgehead atoms. The number of hydrogen-bond donors (Lipinski definition) is 2. The number of benzene rings is 2. The van der Waals surface area contributed by atoms with Crippen LogP contribution >= 0.6 is 0 Å². The molecular weight excluding hydrogens is 374 g/mol. The zero-order valence-corrected chi connectivity index (χ0v) is 16.7. The van der Waals surface area contributed by atoms with Crippen LogP contribution in [-0.2, 0) is 6.42 Å². The van der Waals surface area contributed by atoms with Crippen LogP contribution in [0.3, 0.4) is 0 Å². The van der Waals surface area contributed by atoms with E-state index in [-0.39, 0.29) is 17.4 Å². The summed E-state index contributed by atoms with van der Waals surface area (Å²) >= 11 is 0. The van der Waals surface area contributed by atoms with Crippen molar-refractivity contribution in [3.05, 3.63) is 65.1 Å². The van der Waals surface area contributed by atoms with Crippen LogP contribution in [0.1, 0.15) is 27.4 Å². The highest BCUT2D eigenvalue weighted by molar-refractivity contribution is 6.02. The van der Waals surface area contributed by atoms with Crippen LogP contribution in [0.2, 0.25) is 0 Å². The van der Waals surface area contributed by atoms with Gasteiger partial charge in [-0.25, -0.2) is 0 Å². The van der Waals surface area contributed by atoms with Crippen LogP contribution in [-0.4, -0.2) is 32.3 Å². The number of furan rings is 1. The zero-order valence-electron chi connectivity index (χ0n) is 16.7. The maximum absolute atomic E-state index is 12.5. The lowest BCUT2D eigenvalue weighted by Gasteiger charge is -2.14. The summed E-state index contributed by atoms with van der Waals surface area (Å²) in [5, 5.41) is 12.3. The van der Waals surface area contributed by atoms with E-state index in [1.54, 1.807) is 64.7 Å². The maximum atomic E-state index is 12.5. The minimum absolute atomic E-state index is 0.142. The number of amides is 1. The molecule has 0 atom stereocenters. The van der Waals surface area contributed by atoms with Gasteiger partial charge in [0.25, 0.3) is 5.91 Å².